The van der Waals surface area contributed by atoms with Crippen LogP contribution in [0.2, 0.25) is 0 Å². The summed E-state index contributed by atoms with van der Waals surface area (Å²) in [6.45, 7) is 1.63. The number of hydrogen-bond acceptors (Lipinski definition) is 2. The summed E-state index contributed by atoms with van der Waals surface area (Å²) in [6.07, 6.45) is 1.93. The lowest BCUT2D eigenvalue weighted by Gasteiger charge is -1.96. The van der Waals surface area contributed by atoms with Crippen molar-refractivity contribution in [3.8, 4) is 0 Å². The second kappa shape index (κ2) is 4.36. The van der Waals surface area contributed by atoms with Crippen molar-refractivity contribution < 1.29 is 0 Å². The summed E-state index contributed by atoms with van der Waals surface area (Å²) in [4.78, 5) is 0. The molecule has 62 valence electrons. The van der Waals surface area contributed by atoms with E-state index in [9.17, 15) is 0 Å². The first-order valence-electron chi connectivity index (χ1n) is 3.58. The normalized spacial score (nSPS) is 10.4. The van der Waals surface area contributed by atoms with E-state index in [2.05, 4.69) is 10.4 Å². The van der Waals surface area contributed by atoms with Gasteiger partial charge in [0.15, 0.2) is 0 Å². The van der Waals surface area contributed by atoms with Crippen LogP contribution >= 0.6 is 11.6 Å². The topological polar surface area (TPSA) is 29.9 Å². The van der Waals surface area contributed by atoms with E-state index >= 15 is 0 Å². The van der Waals surface area contributed by atoms with Gasteiger partial charge in [-0.2, -0.15) is 5.10 Å². The van der Waals surface area contributed by atoms with Gasteiger partial charge in [0, 0.05) is 32.2 Å². The molecule has 4 heteroatoms. The van der Waals surface area contributed by atoms with E-state index in [1.807, 2.05) is 19.3 Å². The van der Waals surface area contributed by atoms with Gasteiger partial charge >= 0.3 is 0 Å². The lowest BCUT2D eigenvalue weighted by Crippen LogP contribution is -2.16. The Labute approximate surface area is 71.4 Å². The lowest BCUT2D eigenvalue weighted by molar-refractivity contribution is 0.679. The van der Waals surface area contributed by atoms with Gasteiger partial charge in [-0.25, -0.2) is 0 Å². The molecule has 0 atom stereocenters. The lowest BCUT2D eigenvalue weighted by atomic mass is 10.4. The molecule has 0 radical (unpaired) electrons. The molecule has 0 amide bonds. The predicted octanol–water partition coefficient (Wildman–Crippen LogP) is 0.748. The molecule has 11 heavy (non-hydrogen) atoms. The molecule has 0 aliphatic heterocycles. The highest BCUT2D eigenvalue weighted by Crippen LogP contribution is 1.91. The zero-order valence-corrected chi connectivity index (χ0v) is 7.30. The van der Waals surface area contributed by atoms with Crippen LogP contribution in [0.4, 0.5) is 0 Å². The standard InChI is InChI=1S/C7H12ClN3/c1-11-5-2-7(10-11)6-9-4-3-8/h2,5,9H,3-4,6H2,1H3. The van der Waals surface area contributed by atoms with Crippen LogP contribution in [0.25, 0.3) is 0 Å². The number of nitrogens with one attached hydrogen (secondary N) is 1. The number of aryl methyl sites for hydroxylation is 1. The van der Waals surface area contributed by atoms with Crippen molar-refractivity contribution in [3.05, 3.63) is 18.0 Å². The Kier molecular flexibility index (Phi) is 3.39. The van der Waals surface area contributed by atoms with Crippen LogP contribution in [-0.4, -0.2) is 22.2 Å². The average molecular weight is 174 g/mol. The Balaban J connectivity index is 2.27. The number of halogens is 1. The highest BCUT2D eigenvalue weighted by Gasteiger charge is 1.93. The zero-order valence-electron chi connectivity index (χ0n) is 6.55. The molecular formula is C7H12ClN3. The monoisotopic (exact) mass is 173 g/mol. The van der Waals surface area contributed by atoms with E-state index in [4.69, 9.17) is 11.6 Å². The fourth-order valence-corrected chi connectivity index (χ4v) is 0.974. The molecule has 0 aromatic carbocycles. The minimum absolute atomic E-state index is 0.646. The second-order valence-electron chi connectivity index (χ2n) is 2.35. The number of hydrogen-bond donors (Lipinski definition) is 1. The fourth-order valence-electron chi connectivity index (χ4n) is 0.841. The quantitative estimate of drug-likeness (QED) is 0.538. The number of aromatic nitrogens is 2. The van der Waals surface area contributed by atoms with Crippen LogP contribution in [0.1, 0.15) is 5.69 Å². The number of nitrogens with zero attached hydrogens (tertiary/aromatic N) is 2. The van der Waals surface area contributed by atoms with Gasteiger partial charge in [-0.3, -0.25) is 4.68 Å². The predicted molar refractivity (Wildman–Crippen MR) is 45.6 cm³/mol. The van der Waals surface area contributed by atoms with Crippen LogP contribution in [-0.2, 0) is 13.6 Å². The van der Waals surface area contributed by atoms with Gasteiger partial charge in [-0.1, -0.05) is 0 Å². The van der Waals surface area contributed by atoms with E-state index in [0.29, 0.717) is 5.88 Å². The van der Waals surface area contributed by atoms with Crippen LogP contribution in [0.15, 0.2) is 12.3 Å². The van der Waals surface area contributed by atoms with Gasteiger partial charge in [0.25, 0.3) is 0 Å². The summed E-state index contributed by atoms with van der Waals surface area (Å²) < 4.78 is 1.79. The Morgan fingerprint density at radius 3 is 3.09 bits per heavy atom. The maximum Gasteiger partial charge on any atom is 0.0762 e. The van der Waals surface area contributed by atoms with Crippen molar-refractivity contribution in [1.82, 2.24) is 15.1 Å². The van der Waals surface area contributed by atoms with Crippen molar-refractivity contribution in [1.29, 1.82) is 0 Å². The SMILES string of the molecule is Cn1ccc(CNCCCl)n1. The van der Waals surface area contributed by atoms with Crippen LogP contribution < -0.4 is 5.32 Å². The maximum atomic E-state index is 5.48. The molecule has 1 heterocycles. The van der Waals surface area contributed by atoms with Gasteiger partial charge in [-0.15, -0.1) is 11.6 Å². The third kappa shape index (κ3) is 2.91. The first kappa shape index (κ1) is 8.56. The molecule has 0 spiro atoms. The van der Waals surface area contributed by atoms with Crippen molar-refractivity contribution in [2.45, 2.75) is 6.54 Å². The molecule has 0 unspecified atom stereocenters. The summed E-state index contributed by atoms with van der Waals surface area (Å²) in [5.41, 5.74) is 1.05. The molecule has 0 saturated heterocycles. The number of rotatable bonds is 4. The summed E-state index contributed by atoms with van der Waals surface area (Å²) in [5, 5.41) is 7.35. The molecule has 3 nitrogen and oxygen atoms in total. The summed E-state index contributed by atoms with van der Waals surface area (Å²) >= 11 is 5.48. The van der Waals surface area contributed by atoms with Gasteiger partial charge in [-0.05, 0) is 6.07 Å². The van der Waals surface area contributed by atoms with E-state index in [1.54, 1.807) is 4.68 Å². The van der Waals surface area contributed by atoms with Gasteiger partial charge in [0.1, 0.15) is 0 Å². The molecular weight excluding hydrogens is 162 g/mol. The Hall–Kier alpha value is -0.540. The van der Waals surface area contributed by atoms with Crippen LogP contribution in [0.5, 0.6) is 0 Å². The fraction of sp³-hybridized carbons (Fsp3) is 0.571. The smallest absolute Gasteiger partial charge is 0.0762 e. The molecule has 1 N–H and O–H groups in total. The summed E-state index contributed by atoms with van der Waals surface area (Å²) in [6, 6.07) is 1.99. The summed E-state index contributed by atoms with van der Waals surface area (Å²) in [7, 11) is 1.91. The highest BCUT2D eigenvalue weighted by molar-refractivity contribution is 6.18. The molecule has 0 aliphatic carbocycles. The van der Waals surface area contributed by atoms with E-state index in [0.717, 1.165) is 18.8 Å². The Morgan fingerprint density at radius 2 is 2.55 bits per heavy atom. The molecule has 1 aromatic rings. The minimum Gasteiger partial charge on any atom is -0.310 e. The first-order valence-corrected chi connectivity index (χ1v) is 4.11. The molecule has 1 aromatic heterocycles. The molecule has 0 saturated carbocycles. The minimum atomic E-state index is 0.646. The molecule has 0 aliphatic rings. The Bertz CT molecular complexity index is 209. The summed E-state index contributed by atoms with van der Waals surface area (Å²) in [5.74, 6) is 0.646. The zero-order chi connectivity index (χ0) is 8.10. The maximum absolute atomic E-state index is 5.48. The third-order valence-corrected chi connectivity index (χ3v) is 1.54. The van der Waals surface area contributed by atoms with Crippen molar-refractivity contribution in [2.24, 2.45) is 7.05 Å². The van der Waals surface area contributed by atoms with Crippen LogP contribution in [0.3, 0.4) is 0 Å². The van der Waals surface area contributed by atoms with Crippen molar-refractivity contribution >= 4 is 11.6 Å². The first-order chi connectivity index (χ1) is 5.33. The number of alkyl halides is 1. The largest absolute Gasteiger partial charge is 0.310 e. The van der Waals surface area contributed by atoms with Gasteiger partial charge in [0.2, 0.25) is 0 Å². The van der Waals surface area contributed by atoms with E-state index < -0.39 is 0 Å². The Morgan fingerprint density at radius 1 is 1.73 bits per heavy atom. The highest BCUT2D eigenvalue weighted by atomic mass is 35.5. The third-order valence-electron chi connectivity index (χ3n) is 1.35. The molecule has 0 fully saturated rings. The van der Waals surface area contributed by atoms with Gasteiger partial charge in [0.05, 0.1) is 5.69 Å². The van der Waals surface area contributed by atoms with E-state index in [1.165, 1.54) is 0 Å². The van der Waals surface area contributed by atoms with Crippen LogP contribution in [0, 0.1) is 0 Å². The average Bonchev–Trinajstić information content (AvgIpc) is 2.37. The molecule has 1 rings (SSSR count). The van der Waals surface area contributed by atoms with Crippen molar-refractivity contribution in [3.63, 3.8) is 0 Å². The molecule has 0 bridgehead atoms. The van der Waals surface area contributed by atoms with E-state index in [-0.39, 0.29) is 0 Å². The van der Waals surface area contributed by atoms with Crippen molar-refractivity contribution in [2.75, 3.05) is 12.4 Å². The van der Waals surface area contributed by atoms with Gasteiger partial charge < -0.3 is 5.32 Å². The second-order valence-corrected chi connectivity index (χ2v) is 2.72.